The van der Waals surface area contributed by atoms with Gasteiger partial charge in [0.2, 0.25) is 0 Å². The maximum atomic E-state index is 9.43. The van der Waals surface area contributed by atoms with Gasteiger partial charge in [-0.1, -0.05) is 24.3 Å². The van der Waals surface area contributed by atoms with Crippen LogP contribution in [0.4, 0.5) is 0 Å². The van der Waals surface area contributed by atoms with Gasteiger partial charge in [-0.2, -0.15) is 0 Å². The number of phenols is 2. The molecule has 4 rings (SSSR count). The summed E-state index contributed by atoms with van der Waals surface area (Å²) in [4.78, 5) is 13.2. The first kappa shape index (κ1) is 23.1. The molecule has 0 radical (unpaired) electrons. The van der Waals surface area contributed by atoms with E-state index in [-0.39, 0.29) is 16.5 Å². The van der Waals surface area contributed by atoms with E-state index in [0.29, 0.717) is 11.5 Å². The van der Waals surface area contributed by atoms with Crippen LogP contribution in [0.3, 0.4) is 0 Å². The molecule has 0 aromatic heterocycles. The minimum atomic E-state index is 0. The number of hydrogen-bond donors (Lipinski definition) is 2. The van der Waals surface area contributed by atoms with Gasteiger partial charge < -0.3 is 10.2 Å². The number of aliphatic imine (C=N–C) groups is 2. The summed E-state index contributed by atoms with van der Waals surface area (Å²) in [6, 6.07) is 14.5. The van der Waals surface area contributed by atoms with Crippen LogP contribution in [0.1, 0.15) is 11.1 Å². The van der Waals surface area contributed by atoms with Gasteiger partial charge in [-0.3, -0.25) is 19.8 Å². The van der Waals surface area contributed by atoms with Crippen molar-refractivity contribution in [2.75, 3.05) is 52.4 Å². The van der Waals surface area contributed by atoms with Crippen LogP contribution in [0.15, 0.2) is 58.5 Å². The van der Waals surface area contributed by atoms with Gasteiger partial charge in [0, 0.05) is 79.3 Å². The number of para-hydroxylation sites is 2. The predicted molar refractivity (Wildman–Crippen MR) is 114 cm³/mol. The fraction of sp³-hybridized carbons (Fsp3) is 0.364. The molecule has 158 valence electrons. The molecule has 2 saturated heterocycles. The van der Waals surface area contributed by atoms with Crippen molar-refractivity contribution in [2.24, 2.45) is 9.98 Å². The molecule has 0 amide bonds. The molecular formula is C22H28N4NiO2. The third-order valence-electron chi connectivity index (χ3n) is 4.50. The summed E-state index contributed by atoms with van der Waals surface area (Å²) in [6.45, 7) is 8.55. The average molecular weight is 439 g/mol. The van der Waals surface area contributed by atoms with Crippen molar-refractivity contribution in [1.29, 1.82) is 0 Å². The Labute approximate surface area is 182 Å². The molecule has 0 aliphatic carbocycles. The molecule has 0 saturated carbocycles. The summed E-state index contributed by atoms with van der Waals surface area (Å²) in [5.74, 6) is 0.589. The smallest absolute Gasteiger partial charge is 0.124 e. The second-order valence-corrected chi connectivity index (χ2v) is 6.87. The molecular weight excluding hydrogens is 411 g/mol. The molecule has 2 heterocycles. The Morgan fingerprint density at radius 3 is 1.41 bits per heavy atom. The molecule has 29 heavy (non-hydrogen) atoms. The van der Waals surface area contributed by atoms with E-state index in [0.717, 1.165) is 37.3 Å². The Balaban J connectivity index is 0.000000200. The second kappa shape index (κ2) is 12.4. The van der Waals surface area contributed by atoms with E-state index >= 15 is 0 Å². The number of hydrogen-bond acceptors (Lipinski definition) is 6. The average Bonchev–Trinajstić information content (AvgIpc) is 3.61. The minimum Gasteiger partial charge on any atom is -0.507 e. The van der Waals surface area contributed by atoms with Crippen LogP contribution < -0.4 is 0 Å². The molecule has 2 aliphatic rings. The molecule has 0 unspecified atom stereocenters. The second-order valence-electron chi connectivity index (χ2n) is 6.87. The Bertz CT molecular complexity index is 737. The number of aromatic hydroxyl groups is 2. The first-order chi connectivity index (χ1) is 13.7. The van der Waals surface area contributed by atoms with E-state index in [1.165, 1.54) is 26.2 Å². The van der Waals surface area contributed by atoms with Crippen LogP contribution in [0.5, 0.6) is 11.5 Å². The quantitative estimate of drug-likeness (QED) is 0.376. The van der Waals surface area contributed by atoms with Crippen molar-refractivity contribution < 1.29 is 26.7 Å². The van der Waals surface area contributed by atoms with Crippen LogP contribution in [0.2, 0.25) is 0 Å². The molecule has 2 N–H and O–H groups in total. The normalized spacial score (nSPS) is 15.7. The largest absolute Gasteiger partial charge is 0.507 e. The van der Waals surface area contributed by atoms with Crippen LogP contribution in [-0.2, 0) is 16.5 Å². The molecule has 6 nitrogen and oxygen atoms in total. The zero-order valence-electron chi connectivity index (χ0n) is 16.4. The summed E-state index contributed by atoms with van der Waals surface area (Å²) in [6.07, 6.45) is 3.47. The van der Waals surface area contributed by atoms with Crippen LogP contribution >= 0.6 is 0 Å². The van der Waals surface area contributed by atoms with E-state index in [9.17, 15) is 10.2 Å². The van der Waals surface area contributed by atoms with Gasteiger partial charge in [0.05, 0.1) is 13.1 Å². The minimum absolute atomic E-state index is 0. The Kier molecular flexibility index (Phi) is 9.85. The van der Waals surface area contributed by atoms with Crippen molar-refractivity contribution in [3.8, 4) is 11.5 Å². The molecule has 0 atom stereocenters. The van der Waals surface area contributed by atoms with Gasteiger partial charge in [0.1, 0.15) is 11.5 Å². The molecule has 2 fully saturated rings. The summed E-state index contributed by atoms with van der Waals surface area (Å²) >= 11 is 0. The molecule has 0 spiro atoms. The zero-order valence-corrected chi connectivity index (χ0v) is 17.4. The van der Waals surface area contributed by atoms with Gasteiger partial charge in [0.15, 0.2) is 0 Å². The van der Waals surface area contributed by atoms with Gasteiger partial charge in [-0.25, -0.2) is 0 Å². The first-order valence-electron chi connectivity index (χ1n) is 9.73. The Morgan fingerprint density at radius 1 is 0.690 bits per heavy atom. The van der Waals surface area contributed by atoms with Crippen LogP contribution in [0, 0.1) is 0 Å². The summed E-state index contributed by atoms with van der Waals surface area (Å²) in [5, 5.41) is 18.9. The predicted octanol–water partition coefficient (Wildman–Crippen LogP) is 2.25. The van der Waals surface area contributed by atoms with Gasteiger partial charge in [-0.15, -0.1) is 0 Å². The number of benzene rings is 2. The maximum absolute atomic E-state index is 9.43. The maximum Gasteiger partial charge on any atom is 0.124 e. The monoisotopic (exact) mass is 438 g/mol. The van der Waals surface area contributed by atoms with E-state index in [1.54, 1.807) is 24.6 Å². The van der Waals surface area contributed by atoms with Crippen molar-refractivity contribution in [2.45, 2.75) is 0 Å². The summed E-state index contributed by atoms with van der Waals surface area (Å²) < 4.78 is 0. The summed E-state index contributed by atoms with van der Waals surface area (Å²) in [5.41, 5.74) is 1.58. The van der Waals surface area contributed by atoms with Crippen molar-refractivity contribution in [1.82, 2.24) is 9.80 Å². The van der Waals surface area contributed by atoms with Crippen LogP contribution in [-0.4, -0.2) is 84.8 Å². The van der Waals surface area contributed by atoms with Gasteiger partial charge in [0.25, 0.3) is 0 Å². The third-order valence-corrected chi connectivity index (χ3v) is 4.50. The van der Waals surface area contributed by atoms with E-state index in [1.807, 2.05) is 36.4 Å². The standard InChI is InChI=1S/2C11H14N2O.Ni/c2*14-11-4-2-1-3-10(11)9-12-5-6-13-7-8-13;/h2*1-4,9,14H,5-8H2;. The Hall–Kier alpha value is -2.21. The van der Waals surface area contributed by atoms with Gasteiger partial charge in [-0.05, 0) is 24.3 Å². The molecule has 2 aliphatic heterocycles. The Morgan fingerprint density at radius 2 is 1.07 bits per heavy atom. The van der Waals surface area contributed by atoms with Crippen molar-refractivity contribution in [3.63, 3.8) is 0 Å². The number of rotatable bonds is 8. The van der Waals surface area contributed by atoms with E-state index in [2.05, 4.69) is 19.8 Å². The van der Waals surface area contributed by atoms with Crippen molar-refractivity contribution >= 4 is 12.4 Å². The fourth-order valence-electron chi connectivity index (χ4n) is 2.51. The molecule has 0 bridgehead atoms. The van der Waals surface area contributed by atoms with Gasteiger partial charge >= 0.3 is 0 Å². The zero-order chi connectivity index (χ0) is 19.6. The molecule has 2 aromatic rings. The molecule has 2 aromatic carbocycles. The van der Waals surface area contributed by atoms with E-state index in [4.69, 9.17) is 0 Å². The van der Waals surface area contributed by atoms with E-state index < -0.39 is 0 Å². The number of nitrogens with zero attached hydrogens (tertiary/aromatic N) is 4. The SMILES string of the molecule is Oc1ccccc1C=NCCN1CC1.Oc1ccccc1C=NCCN1CC1.[Ni]. The number of phenolic OH excluding ortho intramolecular Hbond substituents is 2. The molecule has 7 heteroatoms. The summed E-state index contributed by atoms with van der Waals surface area (Å²) in [7, 11) is 0. The van der Waals surface area contributed by atoms with Crippen LogP contribution in [0.25, 0.3) is 0 Å². The topological polar surface area (TPSA) is 71.2 Å². The third kappa shape index (κ3) is 9.22. The fourth-order valence-corrected chi connectivity index (χ4v) is 2.51. The first-order valence-corrected chi connectivity index (χ1v) is 9.73. The van der Waals surface area contributed by atoms with Crippen molar-refractivity contribution in [3.05, 3.63) is 59.7 Å².